The number of carbonyl (C=O) groups excluding carboxylic acids is 1. The Kier molecular flexibility index (Phi) is 6.08. The SMILES string of the molecule is CCCC1(CC)OC(=O)/C(=C\c2cc(C)c(OCc3ccccc3)c(C)c2)O1. The Morgan fingerprint density at radius 1 is 1.04 bits per heavy atom. The molecule has 4 heteroatoms. The molecule has 0 spiro atoms. The van der Waals surface area contributed by atoms with Gasteiger partial charge in [0.2, 0.25) is 5.76 Å². The fourth-order valence-electron chi connectivity index (χ4n) is 3.55. The molecule has 1 fully saturated rings. The zero-order valence-corrected chi connectivity index (χ0v) is 17.1. The van der Waals surface area contributed by atoms with Gasteiger partial charge < -0.3 is 14.2 Å². The molecule has 0 amide bonds. The van der Waals surface area contributed by atoms with E-state index >= 15 is 0 Å². The quantitative estimate of drug-likeness (QED) is 0.456. The van der Waals surface area contributed by atoms with Gasteiger partial charge in [-0.15, -0.1) is 0 Å². The van der Waals surface area contributed by atoms with Gasteiger partial charge in [0.15, 0.2) is 0 Å². The number of hydrogen-bond donors (Lipinski definition) is 0. The molecule has 1 atom stereocenters. The standard InChI is InChI=1S/C24H28O4/c1-5-12-24(6-2)27-21(23(25)28-24)15-20-13-17(3)22(18(4)14-20)26-16-19-10-8-7-9-11-19/h7-11,13-15H,5-6,12,16H2,1-4H3/b21-15+. The zero-order valence-electron chi connectivity index (χ0n) is 17.1. The van der Waals surface area contributed by atoms with Crippen molar-refractivity contribution < 1.29 is 19.0 Å². The number of esters is 1. The third-order valence-electron chi connectivity index (χ3n) is 4.95. The summed E-state index contributed by atoms with van der Waals surface area (Å²) in [6.45, 7) is 8.57. The lowest BCUT2D eigenvalue weighted by Gasteiger charge is -2.23. The van der Waals surface area contributed by atoms with Crippen LogP contribution in [0.1, 0.15) is 55.4 Å². The maximum atomic E-state index is 12.3. The van der Waals surface area contributed by atoms with Gasteiger partial charge in [0, 0.05) is 12.8 Å². The number of rotatable bonds is 7. The predicted molar refractivity (Wildman–Crippen MR) is 110 cm³/mol. The Labute approximate surface area is 167 Å². The van der Waals surface area contributed by atoms with Crippen LogP contribution in [0.3, 0.4) is 0 Å². The van der Waals surface area contributed by atoms with E-state index < -0.39 is 11.8 Å². The summed E-state index contributed by atoms with van der Waals surface area (Å²) in [6.07, 6.45) is 3.97. The number of ether oxygens (including phenoxy) is 3. The fourth-order valence-corrected chi connectivity index (χ4v) is 3.55. The average molecular weight is 380 g/mol. The van der Waals surface area contributed by atoms with E-state index in [1.807, 2.05) is 63.2 Å². The smallest absolute Gasteiger partial charge is 0.377 e. The Bertz CT molecular complexity index is 846. The van der Waals surface area contributed by atoms with Crippen LogP contribution in [0.4, 0.5) is 0 Å². The highest BCUT2D eigenvalue weighted by Gasteiger charge is 2.43. The van der Waals surface area contributed by atoms with E-state index in [9.17, 15) is 4.79 Å². The number of hydrogen-bond acceptors (Lipinski definition) is 4. The maximum absolute atomic E-state index is 12.3. The van der Waals surface area contributed by atoms with Gasteiger partial charge in [0.05, 0.1) is 0 Å². The van der Waals surface area contributed by atoms with Crippen LogP contribution < -0.4 is 4.74 Å². The highest BCUT2D eigenvalue weighted by atomic mass is 16.8. The summed E-state index contributed by atoms with van der Waals surface area (Å²) in [6, 6.07) is 14.1. The van der Waals surface area contributed by atoms with E-state index in [2.05, 4.69) is 6.92 Å². The lowest BCUT2D eigenvalue weighted by atomic mass is 10.0. The molecular formula is C24H28O4. The molecule has 28 heavy (non-hydrogen) atoms. The molecule has 2 aromatic rings. The molecule has 148 valence electrons. The van der Waals surface area contributed by atoms with Crippen molar-refractivity contribution >= 4 is 12.0 Å². The Balaban J connectivity index is 1.79. The molecule has 0 aromatic heterocycles. The first-order chi connectivity index (χ1) is 13.5. The fraction of sp³-hybridized carbons (Fsp3) is 0.375. The lowest BCUT2D eigenvalue weighted by molar-refractivity contribution is -0.175. The summed E-state index contributed by atoms with van der Waals surface area (Å²) in [5.74, 6) is -0.0719. The van der Waals surface area contributed by atoms with Crippen molar-refractivity contribution in [2.45, 2.75) is 59.4 Å². The predicted octanol–water partition coefficient (Wildman–Crippen LogP) is 5.70. The first-order valence-corrected chi connectivity index (χ1v) is 9.88. The van der Waals surface area contributed by atoms with Crippen molar-refractivity contribution in [2.75, 3.05) is 0 Å². The molecule has 0 bridgehead atoms. The lowest BCUT2D eigenvalue weighted by Crippen LogP contribution is -2.28. The Morgan fingerprint density at radius 2 is 1.71 bits per heavy atom. The van der Waals surface area contributed by atoms with E-state index in [-0.39, 0.29) is 5.76 Å². The van der Waals surface area contributed by atoms with Gasteiger partial charge in [0.1, 0.15) is 12.4 Å². The Morgan fingerprint density at radius 3 is 2.32 bits per heavy atom. The average Bonchev–Trinajstić information content (AvgIpc) is 2.98. The monoisotopic (exact) mass is 380 g/mol. The highest BCUT2D eigenvalue weighted by molar-refractivity contribution is 5.93. The van der Waals surface area contributed by atoms with Crippen molar-refractivity contribution in [1.82, 2.24) is 0 Å². The van der Waals surface area contributed by atoms with Crippen LogP contribution in [0, 0.1) is 13.8 Å². The summed E-state index contributed by atoms with van der Waals surface area (Å²) < 4.78 is 17.5. The number of carbonyl (C=O) groups is 1. The van der Waals surface area contributed by atoms with Crippen molar-refractivity contribution in [2.24, 2.45) is 0 Å². The molecule has 3 rings (SSSR count). The molecule has 1 aliphatic heterocycles. The summed E-state index contributed by atoms with van der Waals surface area (Å²) >= 11 is 0. The van der Waals surface area contributed by atoms with Gasteiger partial charge in [-0.25, -0.2) is 4.79 Å². The molecule has 0 saturated carbocycles. The molecule has 2 aromatic carbocycles. The van der Waals surface area contributed by atoms with Crippen LogP contribution in [-0.2, 0) is 20.9 Å². The third kappa shape index (κ3) is 4.38. The van der Waals surface area contributed by atoms with Crippen LogP contribution >= 0.6 is 0 Å². The van der Waals surface area contributed by atoms with Crippen molar-refractivity contribution in [3.63, 3.8) is 0 Å². The molecule has 1 unspecified atom stereocenters. The number of aryl methyl sites for hydroxylation is 2. The van der Waals surface area contributed by atoms with Gasteiger partial charge in [-0.3, -0.25) is 0 Å². The molecule has 1 heterocycles. The van der Waals surface area contributed by atoms with E-state index in [0.717, 1.165) is 34.4 Å². The second-order valence-corrected chi connectivity index (χ2v) is 7.27. The molecule has 4 nitrogen and oxygen atoms in total. The molecule has 0 radical (unpaired) electrons. The van der Waals surface area contributed by atoms with Crippen LogP contribution in [0.2, 0.25) is 0 Å². The highest BCUT2D eigenvalue weighted by Crippen LogP contribution is 2.36. The molecule has 0 aliphatic carbocycles. The topological polar surface area (TPSA) is 44.8 Å². The van der Waals surface area contributed by atoms with E-state index in [1.54, 1.807) is 6.08 Å². The maximum Gasteiger partial charge on any atom is 0.377 e. The first-order valence-electron chi connectivity index (χ1n) is 9.88. The van der Waals surface area contributed by atoms with Crippen molar-refractivity contribution in [3.8, 4) is 5.75 Å². The summed E-state index contributed by atoms with van der Waals surface area (Å²) in [7, 11) is 0. The zero-order chi connectivity index (χ0) is 20.1. The van der Waals surface area contributed by atoms with E-state index in [0.29, 0.717) is 19.4 Å². The van der Waals surface area contributed by atoms with Crippen LogP contribution in [0.15, 0.2) is 48.2 Å². The van der Waals surface area contributed by atoms with Gasteiger partial charge in [-0.05, 0) is 60.7 Å². The second-order valence-electron chi connectivity index (χ2n) is 7.27. The summed E-state index contributed by atoms with van der Waals surface area (Å²) in [5, 5.41) is 0. The minimum Gasteiger partial charge on any atom is -0.488 e. The summed E-state index contributed by atoms with van der Waals surface area (Å²) in [4.78, 5) is 12.3. The summed E-state index contributed by atoms with van der Waals surface area (Å²) in [5.41, 5.74) is 4.06. The Hall–Kier alpha value is -2.75. The first kappa shape index (κ1) is 20.0. The van der Waals surface area contributed by atoms with E-state index in [4.69, 9.17) is 14.2 Å². The van der Waals surface area contributed by atoms with Crippen LogP contribution in [0.25, 0.3) is 6.08 Å². The van der Waals surface area contributed by atoms with Crippen molar-refractivity contribution in [3.05, 3.63) is 70.5 Å². The van der Waals surface area contributed by atoms with Crippen LogP contribution in [-0.4, -0.2) is 11.8 Å². The minimum absolute atomic E-state index is 0.270. The minimum atomic E-state index is -0.819. The molecule has 0 N–H and O–H groups in total. The van der Waals surface area contributed by atoms with E-state index in [1.165, 1.54) is 0 Å². The number of cyclic esters (lactones) is 1. The molecule has 1 saturated heterocycles. The third-order valence-corrected chi connectivity index (χ3v) is 4.95. The normalized spacial score (nSPS) is 20.1. The van der Waals surface area contributed by atoms with Gasteiger partial charge in [-0.1, -0.05) is 44.2 Å². The van der Waals surface area contributed by atoms with Gasteiger partial charge in [0.25, 0.3) is 5.79 Å². The molecular weight excluding hydrogens is 352 g/mol. The van der Waals surface area contributed by atoms with Gasteiger partial charge >= 0.3 is 5.97 Å². The van der Waals surface area contributed by atoms with Crippen LogP contribution in [0.5, 0.6) is 5.75 Å². The second kappa shape index (κ2) is 8.51. The van der Waals surface area contributed by atoms with Crippen molar-refractivity contribution in [1.29, 1.82) is 0 Å². The number of benzene rings is 2. The van der Waals surface area contributed by atoms with Gasteiger partial charge in [-0.2, -0.15) is 0 Å². The molecule has 1 aliphatic rings. The largest absolute Gasteiger partial charge is 0.488 e.